The minimum atomic E-state index is 0.0116. The highest BCUT2D eigenvalue weighted by Crippen LogP contribution is 2.14. The van der Waals surface area contributed by atoms with Crippen molar-refractivity contribution in [1.29, 1.82) is 0 Å². The van der Waals surface area contributed by atoms with E-state index in [0.29, 0.717) is 13.2 Å². The first-order valence-corrected chi connectivity index (χ1v) is 8.33. The molecule has 0 saturated heterocycles. The summed E-state index contributed by atoms with van der Waals surface area (Å²) in [6, 6.07) is 18.0. The molecule has 0 spiro atoms. The summed E-state index contributed by atoms with van der Waals surface area (Å²) >= 11 is 0. The molecular formula is C20H26N2O2. The number of nitrogens with one attached hydrogen (secondary N) is 1. The van der Waals surface area contributed by atoms with E-state index in [-0.39, 0.29) is 11.9 Å². The first-order valence-electron chi connectivity index (χ1n) is 8.33. The predicted octanol–water partition coefficient (Wildman–Crippen LogP) is 3.39. The van der Waals surface area contributed by atoms with E-state index in [1.54, 1.807) is 0 Å². The Morgan fingerprint density at radius 3 is 2.42 bits per heavy atom. The fourth-order valence-corrected chi connectivity index (χ4v) is 2.58. The molecule has 0 aliphatic carbocycles. The molecule has 0 unspecified atom stereocenters. The fourth-order valence-electron chi connectivity index (χ4n) is 2.58. The van der Waals surface area contributed by atoms with Crippen LogP contribution in [0.4, 0.5) is 0 Å². The zero-order chi connectivity index (χ0) is 17.4. The van der Waals surface area contributed by atoms with Crippen LogP contribution in [0.1, 0.15) is 31.0 Å². The molecular weight excluding hydrogens is 300 g/mol. The summed E-state index contributed by atoms with van der Waals surface area (Å²) in [5.41, 5.74) is 2.27. The van der Waals surface area contributed by atoms with Gasteiger partial charge in [-0.1, -0.05) is 42.5 Å². The topological polar surface area (TPSA) is 41.6 Å². The molecule has 1 N–H and O–H groups in total. The highest BCUT2D eigenvalue weighted by molar-refractivity contribution is 5.78. The largest absolute Gasteiger partial charge is 0.494 e. The zero-order valence-corrected chi connectivity index (χ0v) is 14.7. The lowest BCUT2D eigenvalue weighted by Gasteiger charge is -2.19. The van der Waals surface area contributed by atoms with E-state index < -0.39 is 0 Å². The van der Waals surface area contributed by atoms with Crippen molar-refractivity contribution in [2.45, 2.75) is 26.4 Å². The highest BCUT2D eigenvalue weighted by atomic mass is 16.5. The van der Waals surface area contributed by atoms with Gasteiger partial charge < -0.3 is 10.1 Å². The number of benzene rings is 2. The smallest absolute Gasteiger partial charge is 0.234 e. The average molecular weight is 326 g/mol. The first kappa shape index (κ1) is 18.0. The molecule has 0 saturated carbocycles. The Balaban J connectivity index is 1.80. The van der Waals surface area contributed by atoms with Gasteiger partial charge in [-0.2, -0.15) is 0 Å². The van der Waals surface area contributed by atoms with Crippen LogP contribution in [0, 0.1) is 0 Å². The van der Waals surface area contributed by atoms with Gasteiger partial charge in [0.15, 0.2) is 0 Å². The quantitative estimate of drug-likeness (QED) is 0.808. The second kappa shape index (κ2) is 9.08. The Morgan fingerprint density at radius 2 is 1.79 bits per heavy atom. The average Bonchev–Trinajstić information content (AvgIpc) is 2.57. The van der Waals surface area contributed by atoms with Crippen LogP contribution >= 0.6 is 0 Å². The standard InChI is InChI=1S/C20H26N2O2/c1-4-24-19-12-10-17(11-13-19)14-22(3)15-20(23)21-16(2)18-8-6-5-7-9-18/h5-13,16H,4,14-15H2,1-3H3,(H,21,23)/t16-/m0/s1. The summed E-state index contributed by atoms with van der Waals surface area (Å²) < 4.78 is 5.44. The molecule has 0 bridgehead atoms. The molecule has 2 aromatic rings. The summed E-state index contributed by atoms with van der Waals surface area (Å²) in [5, 5.41) is 3.04. The minimum absolute atomic E-state index is 0.0116. The van der Waals surface area contributed by atoms with Crippen molar-refractivity contribution in [3.05, 3.63) is 65.7 Å². The van der Waals surface area contributed by atoms with Crippen molar-refractivity contribution in [1.82, 2.24) is 10.2 Å². The van der Waals surface area contributed by atoms with Gasteiger partial charge in [-0.3, -0.25) is 9.69 Å². The Labute approximate surface area is 144 Å². The summed E-state index contributed by atoms with van der Waals surface area (Å²) in [6.45, 7) is 5.72. The normalized spacial score (nSPS) is 12.0. The van der Waals surface area contributed by atoms with Crippen LogP contribution in [0.2, 0.25) is 0 Å². The van der Waals surface area contributed by atoms with Crippen LogP contribution in [-0.2, 0) is 11.3 Å². The number of carbonyl (C=O) groups is 1. The van der Waals surface area contributed by atoms with Gasteiger partial charge in [-0.25, -0.2) is 0 Å². The number of hydrogen-bond acceptors (Lipinski definition) is 3. The van der Waals surface area contributed by atoms with E-state index >= 15 is 0 Å². The van der Waals surface area contributed by atoms with Crippen molar-refractivity contribution < 1.29 is 9.53 Å². The van der Waals surface area contributed by atoms with E-state index in [2.05, 4.69) is 5.32 Å². The zero-order valence-electron chi connectivity index (χ0n) is 14.7. The van der Waals surface area contributed by atoms with Gasteiger partial charge in [0.05, 0.1) is 19.2 Å². The van der Waals surface area contributed by atoms with E-state index in [0.717, 1.165) is 23.4 Å². The maximum Gasteiger partial charge on any atom is 0.234 e. The van der Waals surface area contributed by atoms with E-state index in [9.17, 15) is 4.79 Å². The van der Waals surface area contributed by atoms with Gasteiger partial charge in [0.25, 0.3) is 0 Å². The monoisotopic (exact) mass is 326 g/mol. The van der Waals surface area contributed by atoms with Gasteiger partial charge in [-0.05, 0) is 44.2 Å². The maximum absolute atomic E-state index is 12.2. The molecule has 4 nitrogen and oxygen atoms in total. The van der Waals surface area contributed by atoms with Crippen molar-refractivity contribution in [3.8, 4) is 5.75 Å². The van der Waals surface area contributed by atoms with Crippen LogP contribution in [0.25, 0.3) is 0 Å². The van der Waals surface area contributed by atoms with E-state index in [1.165, 1.54) is 0 Å². The fraction of sp³-hybridized carbons (Fsp3) is 0.350. The number of likely N-dealkylation sites (N-methyl/N-ethyl adjacent to an activating group) is 1. The van der Waals surface area contributed by atoms with Crippen LogP contribution < -0.4 is 10.1 Å². The third kappa shape index (κ3) is 5.70. The molecule has 2 rings (SSSR count). The Morgan fingerprint density at radius 1 is 1.12 bits per heavy atom. The van der Waals surface area contributed by atoms with Crippen molar-refractivity contribution in [2.75, 3.05) is 20.2 Å². The molecule has 4 heteroatoms. The van der Waals surface area contributed by atoms with Gasteiger partial charge >= 0.3 is 0 Å². The molecule has 0 fully saturated rings. The van der Waals surface area contributed by atoms with Crippen molar-refractivity contribution >= 4 is 5.91 Å². The molecule has 128 valence electrons. The molecule has 0 aliphatic rings. The second-order valence-electron chi connectivity index (χ2n) is 5.95. The number of carbonyl (C=O) groups excluding carboxylic acids is 1. The molecule has 1 amide bonds. The lowest BCUT2D eigenvalue weighted by atomic mass is 10.1. The summed E-state index contributed by atoms with van der Waals surface area (Å²) in [4.78, 5) is 14.2. The molecule has 24 heavy (non-hydrogen) atoms. The number of nitrogens with zero attached hydrogens (tertiary/aromatic N) is 1. The van der Waals surface area contributed by atoms with Crippen LogP contribution in [0.15, 0.2) is 54.6 Å². The number of amides is 1. The van der Waals surface area contributed by atoms with Gasteiger partial charge in [0.2, 0.25) is 5.91 Å². The molecule has 2 aromatic carbocycles. The Bertz CT molecular complexity index is 626. The van der Waals surface area contributed by atoms with Crippen LogP contribution in [-0.4, -0.2) is 31.0 Å². The Kier molecular flexibility index (Phi) is 6.82. The molecule has 1 atom stereocenters. The van der Waals surface area contributed by atoms with Gasteiger partial charge in [-0.15, -0.1) is 0 Å². The van der Waals surface area contributed by atoms with Crippen LogP contribution in [0.5, 0.6) is 5.75 Å². The number of ether oxygens (including phenoxy) is 1. The molecule has 0 aliphatic heterocycles. The lowest BCUT2D eigenvalue weighted by molar-refractivity contribution is -0.122. The van der Waals surface area contributed by atoms with Gasteiger partial charge in [0.1, 0.15) is 5.75 Å². The van der Waals surface area contributed by atoms with E-state index in [1.807, 2.05) is 80.4 Å². The Hall–Kier alpha value is -2.33. The third-order valence-electron chi connectivity index (χ3n) is 3.78. The number of hydrogen-bond donors (Lipinski definition) is 1. The SMILES string of the molecule is CCOc1ccc(CN(C)CC(=O)N[C@@H](C)c2ccccc2)cc1. The van der Waals surface area contributed by atoms with Crippen LogP contribution in [0.3, 0.4) is 0 Å². The summed E-state index contributed by atoms with van der Waals surface area (Å²) in [7, 11) is 1.95. The maximum atomic E-state index is 12.2. The lowest BCUT2D eigenvalue weighted by Crippen LogP contribution is -2.36. The second-order valence-corrected chi connectivity index (χ2v) is 5.95. The first-order chi connectivity index (χ1) is 11.6. The van der Waals surface area contributed by atoms with Crippen molar-refractivity contribution in [3.63, 3.8) is 0 Å². The minimum Gasteiger partial charge on any atom is -0.494 e. The molecule has 0 radical (unpaired) electrons. The molecule has 0 aromatic heterocycles. The molecule has 0 heterocycles. The summed E-state index contributed by atoms with van der Waals surface area (Å²) in [5.74, 6) is 0.901. The predicted molar refractivity (Wildman–Crippen MR) is 96.9 cm³/mol. The third-order valence-corrected chi connectivity index (χ3v) is 3.78. The van der Waals surface area contributed by atoms with Gasteiger partial charge in [0, 0.05) is 6.54 Å². The van der Waals surface area contributed by atoms with E-state index in [4.69, 9.17) is 4.74 Å². The highest BCUT2D eigenvalue weighted by Gasteiger charge is 2.11. The van der Waals surface area contributed by atoms with Crippen molar-refractivity contribution in [2.24, 2.45) is 0 Å². The summed E-state index contributed by atoms with van der Waals surface area (Å²) in [6.07, 6.45) is 0. The number of rotatable bonds is 8.